The lowest BCUT2D eigenvalue weighted by Crippen LogP contribution is -2.53. The fourth-order valence-corrected chi connectivity index (χ4v) is 4.46. The number of nitrogens with one attached hydrogen (secondary N) is 1. The summed E-state index contributed by atoms with van der Waals surface area (Å²) >= 11 is 0. The van der Waals surface area contributed by atoms with Gasteiger partial charge in [-0.15, -0.1) is 0 Å². The van der Waals surface area contributed by atoms with E-state index in [2.05, 4.69) is 48.6 Å². The second-order valence-corrected chi connectivity index (χ2v) is 8.35. The smallest absolute Gasteiger partial charge is 0.406 e. The summed E-state index contributed by atoms with van der Waals surface area (Å²) in [6.45, 7) is 1.43. The number of likely N-dealkylation sites (tertiary alicyclic amines) is 1. The van der Waals surface area contributed by atoms with Gasteiger partial charge in [0.1, 0.15) is 6.61 Å². The molecule has 0 aliphatic carbocycles. The minimum absolute atomic E-state index is 0.0492. The Morgan fingerprint density at radius 1 is 1.03 bits per heavy atom. The number of hydrogen-bond donors (Lipinski definition) is 1. The first kappa shape index (κ1) is 22.8. The molecule has 1 aliphatic heterocycles. The molecule has 1 unspecified atom stereocenters. The van der Waals surface area contributed by atoms with Gasteiger partial charge in [-0.25, -0.2) is 4.79 Å². The number of amides is 2. The molecule has 0 spiro atoms. The molecule has 1 N–H and O–H groups in total. The van der Waals surface area contributed by atoms with E-state index in [0.717, 1.165) is 18.4 Å². The average molecular weight is 424 g/mol. The van der Waals surface area contributed by atoms with Crippen LogP contribution in [0.1, 0.15) is 24.0 Å². The van der Waals surface area contributed by atoms with Crippen LogP contribution >= 0.6 is 0 Å². The number of piperidine rings is 1. The molecule has 6 nitrogen and oxygen atoms in total. The van der Waals surface area contributed by atoms with Crippen molar-refractivity contribution in [2.45, 2.75) is 24.8 Å². The summed E-state index contributed by atoms with van der Waals surface area (Å²) in [7, 11) is 5.74. The van der Waals surface area contributed by atoms with E-state index in [1.54, 1.807) is 0 Å². The summed E-state index contributed by atoms with van der Waals surface area (Å²) in [6.07, 6.45) is 1.76. The van der Waals surface area contributed by atoms with Crippen molar-refractivity contribution in [1.29, 1.82) is 0 Å². The van der Waals surface area contributed by atoms with Crippen LogP contribution in [0.3, 0.4) is 0 Å². The first-order chi connectivity index (χ1) is 15.0. The number of benzene rings is 2. The molecule has 2 amide bonds. The Bertz CT molecular complexity index is 847. The Kier molecular flexibility index (Phi) is 7.69. The van der Waals surface area contributed by atoms with Crippen LogP contribution in [0.15, 0.2) is 60.7 Å². The molecule has 0 saturated carbocycles. The van der Waals surface area contributed by atoms with Crippen LogP contribution < -0.4 is 5.32 Å². The molecule has 0 aromatic heterocycles. The van der Waals surface area contributed by atoms with Gasteiger partial charge in [0.2, 0.25) is 5.91 Å². The number of nitrogens with zero attached hydrogens (tertiary/aromatic N) is 2. The van der Waals surface area contributed by atoms with Crippen LogP contribution in [0.2, 0.25) is 0 Å². The molecular formula is C25H33N3O3. The number of hydrogen-bond acceptors (Lipinski definition) is 4. The van der Waals surface area contributed by atoms with E-state index in [9.17, 15) is 9.59 Å². The summed E-state index contributed by atoms with van der Waals surface area (Å²) in [5, 5.41) is 2.45. The number of alkyl carbamates (subject to hydrolysis) is 1. The van der Waals surface area contributed by atoms with Gasteiger partial charge in [0.25, 0.3) is 0 Å². The minimum atomic E-state index is -0.514. The van der Waals surface area contributed by atoms with Crippen LogP contribution in [0.25, 0.3) is 0 Å². The van der Waals surface area contributed by atoms with E-state index in [1.165, 1.54) is 12.6 Å². The summed E-state index contributed by atoms with van der Waals surface area (Å²) < 4.78 is 5.28. The largest absolute Gasteiger partial charge is 0.449 e. The first-order valence-electron chi connectivity index (χ1n) is 10.9. The molecule has 166 valence electrons. The minimum Gasteiger partial charge on any atom is -0.449 e. The molecule has 31 heavy (non-hydrogen) atoms. The second kappa shape index (κ2) is 10.4. The first-order valence-corrected chi connectivity index (χ1v) is 10.9. The van der Waals surface area contributed by atoms with Crippen LogP contribution in [-0.4, -0.2) is 62.6 Å². The van der Waals surface area contributed by atoms with E-state index in [1.807, 2.05) is 41.3 Å². The molecule has 2 aromatic rings. The van der Waals surface area contributed by atoms with Gasteiger partial charge in [0.15, 0.2) is 0 Å². The van der Waals surface area contributed by atoms with Gasteiger partial charge in [-0.3, -0.25) is 9.69 Å². The van der Waals surface area contributed by atoms with Crippen LogP contribution in [-0.2, 0) is 21.5 Å². The van der Waals surface area contributed by atoms with E-state index >= 15 is 0 Å². The SMILES string of the molecule is CNC(=O)OCC(Cc1ccccc1)C(=O)N1CCC(c2ccccc2)(N(C)C)CC1. The molecule has 1 aliphatic rings. The summed E-state index contributed by atoms with van der Waals surface area (Å²) in [5.41, 5.74) is 2.27. The van der Waals surface area contributed by atoms with Crippen molar-refractivity contribution in [3.05, 3.63) is 71.8 Å². The Hall–Kier alpha value is -2.86. The van der Waals surface area contributed by atoms with Crippen LogP contribution in [0.5, 0.6) is 0 Å². The lowest BCUT2D eigenvalue weighted by atomic mass is 9.79. The highest BCUT2D eigenvalue weighted by atomic mass is 16.5. The van der Waals surface area contributed by atoms with Gasteiger partial charge in [0, 0.05) is 25.7 Å². The molecule has 3 rings (SSSR count). The number of carbonyl (C=O) groups is 2. The van der Waals surface area contributed by atoms with Crippen molar-refractivity contribution < 1.29 is 14.3 Å². The fourth-order valence-electron chi connectivity index (χ4n) is 4.46. The highest BCUT2D eigenvalue weighted by Crippen LogP contribution is 2.37. The van der Waals surface area contributed by atoms with Crippen molar-refractivity contribution in [3.8, 4) is 0 Å². The van der Waals surface area contributed by atoms with Crippen molar-refractivity contribution in [1.82, 2.24) is 15.1 Å². The quantitative estimate of drug-likeness (QED) is 0.742. The zero-order valence-corrected chi connectivity index (χ0v) is 18.7. The third-order valence-corrected chi connectivity index (χ3v) is 6.36. The monoisotopic (exact) mass is 423 g/mol. The normalized spacial score (nSPS) is 16.6. The predicted molar refractivity (Wildman–Crippen MR) is 122 cm³/mol. The highest BCUT2D eigenvalue weighted by Gasteiger charge is 2.40. The lowest BCUT2D eigenvalue weighted by Gasteiger charge is -2.47. The van der Waals surface area contributed by atoms with Crippen molar-refractivity contribution in [2.24, 2.45) is 5.92 Å². The third-order valence-electron chi connectivity index (χ3n) is 6.36. The van der Waals surface area contributed by atoms with Gasteiger partial charge < -0.3 is 15.0 Å². The fraction of sp³-hybridized carbons (Fsp3) is 0.440. The summed E-state index contributed by atoms with van der Waals surface area (Å²) in [6, 6.07) is 20.4. The zero-order valence-electron chi connectivity index (χ0n) is 18.7. The Labute approximate surface area is 185 Å². The highest BCUT2D eigenvalue weighted by molar-refractivity contribution is 5.80. The van der Waals surface area contributed by atoms with Gasteiger partial charge >= 0.3 is 6.09 Å². The topological polar surface area (TPSA) is 61.9 Å². The standard InChI is InChI=1S/C25H33N3O3/c1-26-24(30)31-19-21(18-20-10-6-4-7-11-20)23(29)28-16-14-25(15-17-28,27(2)3)22-12-8-5-9-13-22/h4-13,21H,14-19H2,1-3H3,(H,26,30). The van der Waals surface area contributed by atoms with E-state index in [0.29, 0.717) is 19.5 Å². The Balaban J connectivity index is 1.72. The molecule has 0 bridgehead atoms. The second-order valence-electron chi connectivity index (χ2n) is 8.35. The van der Waals surface area contributed by atoms with Crippen molar-refractivity contribution in [3.63, 3.8) is 0 Å². The van der Waals surface area contributed by atoms with E-state index in [-0.39, 0.29) is 18.1 Å². The molecule has 2 aromatic carbocycles. The maximum Gasteiger partial charge on any atom is 0.406 e. The number of carbonyl (C=O) groups excluding carboxylic acids is 2. The third kappa shape index (κ3) is 5.44. The van der Waals surface area contributed by atoms with Crippen LogP contribution in [0, 0.1) is 5.92 Å². The predicted octanol–water partition coefficient (Wildman–Crippen LogP) is 3.28. The zero-order chi connectivity index (χ0) is 22.3. The number of ether oxygens (including phenoxy) is 1. The molecular weight excluding hydrogens is 390 g/mol. The Morgan fingerprint density at radius 2 is 1.61 bits per heavy atom. The van der Waals surface area contributed by atoms with Gasteiger partial charge in [-0.1, -0.05) is 60.7 Å². The number of rotatable bonds is 7. The van der Waals surface area contributed by atoms with Gasteiger partial charge in [-0.2, -0.15) is 0 Å². The lowest BCUT2D eigenvalue weighted by molar-refractivity contribution is -0.139. The summed E-state index contributed by atoms with van der Waals surface area (Å²) in [5.74, 6) is -0.351. The molecule has 1 saturated heterocycles. The van der Waals surface area contributed by atoms with Crippen molar-refractivity contribution in [2.75, 3.05) is 40.8 Å². The molecule has 1 fully saturated rings. The molecule has 1 heterocycles. The van der Waals surface area contributed by atoms with Gasteiger partial charge in [-0.05, 0) is 44.5 Å². The molecule has 1 atom stereocenters. The maximum atomic E-state index is 13.4. The average Bonchev–Trinajstić information content (AvgIpc) is 2.82. The van der Waals surface area contributed by atoms with Crippen LogP contribution in [0.4, 0.5) is 4.79 Å². The Morgan fingerprint density at radius 3 is 2.16 bits per heavy atom. The van der Waals surface area contributed by atoms with E-state index in [4.69, 9.17) is 4.74 Å². The molecule has 0 radical (unpaired) electrons. The van der Waals surface area contributed by atoms with Crippen molar-refractivity contribution >= 4 is 12.0 Å². The molecule has 6 heteroatoms. The summed E-state index contributed by atoms with van der Waals surface area (Å²) in [4.78, 5) is 29.3. The van der Waals surface area contributed by atoms with Gasteiger partial charge in [0.05, 0.1) is 5.92 Å². The maximum absolute atomic E-state index is 13.4. The van der Waals surface area contributed by atoms with E-state index < -0.39 is 12.0 Å².